The van der Waals surface area contributed by atoms with E-state index in [0.717, 1.165) is 16.8 Å². The Bertz CT molecular complexity index is 1430. The Morgan fingerprint density at radius 1 is 0.947 bits per heavy atom. The maximum atomic E-state index is 13.7. The van der Waals surface area contributed by atoms with Crippen molar-refractivity contribution in [3.05, 3.63) is 134 Å². The smallest absolute Gasteiger partial charge is 0.336 e. The lowest BCUT2D eigenvalue weighted by Crippen LogP contribution is -2.36. The van der Waals surface area contributed by atoms with Crippen LogP contribution < -0.4 is 5.32 Å². The van der Waals surface area contributed by atoms with Gasteiger partial charge < -0.3 is 10.1 Å². The first-order valence-corrected chi connectivity index (χ1v) is 12.7. The Morgan fingerprint density at radius 3 is 2.26 bits per heavy atom. The zero-order valence-corrected chi connectivity index (χ0v) is 21.1. The number of nitro benzene ring substituents is 1. The van der Waals surface area contributed by atoms with Crippen molar-refractivity contribution in [3.8, 4) is 0 Å². The molecule has 3 aromatic rings. The molecule has 0 fully saturated rings. The lowest BCUT2D eigenvalue weighted by atomic mass is 9.71. The zero-order chi connectivity index (χ0) is 26.6. The number of carbonyl (C=O) groups is 2. The molecule has 0 unspecified atom stereocenters. The number of nitro groups is 1. The summed E-state index contributed by atoms with van der Waals surface area (Å²) in [5.74, 6) is -1.18. The van der Waals surface area contributed by atoms with Gasteiger partial charge in [0.2, 0.25) is 0 Å². The second kappa shape index (κ2) is 10.8. The fourth-order valence-electron chi connectivity index (χ4n) is 5.38. The molecule has 2 aliphatic rings. The third kappa shape index (κ3) is 5.13. The van der Waals surface area contributed by atoms with Gasteiger partial charge in [-0.25, -0.2) is 4.79 Å². The fraction of sp³-hybridized carbons (Fsp3) is 0.226. The Hall–Kier alpha value is -4.52. The summed E-state index contributed by atoms with van der Waals surface area (Å²) in [5.41, 5.74) is 5.04. The highest BCUT2D eigenvalue weighted by atomic mass is 16.6. The van der Waals surface area contributed by atoms with Crippen LogP contribution in [0.15, 0.2) is 107 Å². The lowest BCUT2D eigenvalue weighted by Gasteiger charge is -2.36. The lowest BCUT2D eigenvalue weighted by molar-refractivity contribution is -0.384. The van der Waals surface area contributed by atoms with Gasteiger partial charge in [-0.1, -0.05) is 72.8 Å². The van der Waals surface area contributed by atoms with Gasteiger partial charge in [0.25, 0.3) is 5.69 Å². The molecule has 7 heteroatoms. The van der Waals surface area contributed by atoms with Crippen LogP contribution in [0, 0.1) is 10.1 Å². The van der Waals surface area contributed by atoms with Crippen LogP contribution >= 0.6 is 0 Å². The predicted octanol–water partition coefficient (Wildman–Crippen LogP) is 5.74. The van der Waals surface area contributed by atoms with Gasteiger partial charge in [-0.15, -0.1) is 0 Å². The van der Waals surface area contributed by atoms with Gasteiger partial charge >= 0.3 is 5.97 Å². The number of Topliss-reactive ketones (excluding diaryl/α,β-unsaturated/α-hetero) is 1. The maximum Gasteiger partial charge on any atom is 0.336 e. The van der Waals surface area contributed by atoms with E-state index in [2.05, 4.69) is 5.32 Å². The summed E-state index contributed by atoms with van der Waals surface area (Å²) < 4.78 is 5.70. The summed E-state index contributed by atoms with van der Waals surface area (Å²) in [6.45, 7) is 2.01. The molecule has 2 atom stereocenters. The highest BCUT2D eigenvalue weighted by Gasteiger charge is 2.41. The number of hydrogen-bond donors (Lipinski definition) is 1. The Morgan fingerprint density at radius 2 is 1.61 bits per heavy atom. The molecule has 0 saturated heterocycles. The van der Waals surface area contributed by atoms with E-state index in [1.807, 2.05) is 67.6 Å². The topological polar surface area (TPSA) is 98.5 Å². The number of nitrogens with zero attached hydrogens (tertiary/aromatic N) is 1. The molecule has 0 amide bonds. The van der Waals surface area contributed by atoms with Gasteiger partial charge in [0.1, 0.15) is 0 Å². The first-order valence-electron chi connectivity index (χ1n) is 12.7. The SMILES string of the molecule is CC1=C(C(=O)OCCc2ccccc2)[C@@H](c2ccc([N+](=O)[O-])cc2)C2=C(C[C@H](c3ccccc3)CC2=O)N1. The summed E-state index contributed by atoms with van der Waals surface area (Å²) >= 11 is 0. The maximum absolute atomic E-state index is 13.7. The molecular formula is C31H28N2O5. The number of allylic oxidation sites excluding steroid dienone is 3. The third-order valence-electron chi connectivity index (χ3n) is 7.22. The van der Waals surface area contributed by atoms with E-state index in [4.69, 9.17) is 4.74 Å². The second-order valence-electron chi connectivity index (χ2n) is 9.65. The van der Waals surface area contributed by atoms with Crippen LogP contribution in [0.3, 0.4) is 0 Å². The predicted molar refractivity (Wildman–Crippen MR) is 143 cm³/mol. The van der Waals surface area contributed by atoms with Crippen LogP contribution in [0.4, 0.5) is 5.69 Å². The minimum Gasteiger partial charge on any atom is -0.462 e. The highest BCUT2D eigenvalue weighted by Crippen LogP contribution is 2.45. The van der Waals surface area contributed by atoms with E-state index in [-0.39, 0.29) is 24.0 Å². The molecule has 0 saturated carbocycles. The normalized spacial score (nSPS) is 19.0. The van der Waals surface area contributed by atoms with Crippen molar-refractivity contribution in [2.24, 2.45) is 0 Å². The van der Waals surface area contributed by atoms with Gasteiger partial charge in [-0.2, -0.15) is 0 Å². The largest absolute Gasteiger partial charge is 0.462 e. The molecule has 0 bridgehead atoms. The van der Waals surface area contributed by atoms with Crippen molar-refractivity contribution >= 4 is 17.4 Å². The number of dihydropyridines is 1. The summed E-state index contributed by atoms with van der Waals surface area (Å²) in [7, 11) is 0. The summed E-state index contributed by atoms with van der Waals surface area (Å²) in [6, 6.07) is 25.7. The van der Waals surface area contributed by atoms with Crippen molar-refractivity contribution in [1.29, 1.82) is 0 Å². The van der Waals surface area contributed by atoms with Gasteiger partial charge in [0.05, 0.1) is 17.1 Å². The number of esters is 1. The first-order chi connectivity index (χ1) is 18.4. The fourth-order valence-corrected chi connectivity index (χ4v) is 5.38. The van der Waals surface area contributed by atoms with Crippen molar-refractivity contribution in [3.63, 3.8) is 0 Å². The number of ether oxygens (including phenoxy) is 1. The number of carbonyl (C=O) groups excluding carboxylic acids is 2. The molecule has 3 aromatic carbocycles. The quantitative estimate of drug-likeness (QED) is 0.248. The van der Waals surface area contributed by atoms with E-state index in [1.165, 1.54) is 12.1 Å². The Labute approximate surface area is 221 Å². The molecule has 0 aromatic heterocycles. The minimum absolute atomic E-state index is 0.0274. The van der Waals surface area contributed by atoms with Gasteiger partial charge in [-0.05, 0) is 36.0 Å². The molecule has 1 aliphatic carbocycles. The first kappa shape index (κ1) is 25.1. The van der Waals surface area contributed by atoms with Crippen LogP contribution in [-0.2, 0) is 20.7 Å². The van der Waals surface area contributed by atoms with Crippen molar-refractivity contribution in [2.75, 3.05) is 6.61 Å². The molecule has 7 nitrogen and oxygen atoms in total. The van der Waals surface area contributed by atoms with Crippen LogP contribution in [0.5, 0.6) is 0 Å². The molecule has 0 radical (unpaired) electrons. The van der Waals surface area contributed by atoms with E-state index in [0.29, 0.717) is 41.7 Å². The Balaban J connectivity index is 1.48. The molecule has 1 N–H and O–H groups in total. The number of ketones is 1. The van der Waals surface area contributed by atoms with E-state index in [1.54, 1.807) is 12.1 Å². The zero-order valence-electron chi connectivity index (χ0n) is 21.1. The molecule has 5 rings (SSSR count). The average Bonchev–Trinajstić information content (AvgIpc) is 2.93. The summed E-state index contributed by atoms with van der Waals surface area (Å²) in [6.07, 6.45) is 1.52. The van der Waals surface area contributed by atoms with Crippen molar-refractivity contribution in [1.82, 2.24) is 5.32 Å². The molecule has 0 spiro atoms. The van der Waals surface area contributed by atoms with Gasteiger partial charge in [-0.3, -0.25) is 14.9 Å². The number of rotatable bonds is 7. The van der Waals surface area contributed by atoms with Crippen LogP contribution in [0.2, 0.25) is 0 Å². The van der Waals surface area contributed by atoms with Crippen LogP contribution in [0.1, 0.15) is 48.3 Å². The average molecular weight is 509 g/mol. The number of hydrogen-bond acceptors (Lipinski definition) is 6. The minimum atomic E-state index is -0.666. The molecule has 192 valence electrons. The second-order valence-corrected chi connectivity index (χ2v) is 9.65. The number of nitrogens with one attached hydrogen (secondary N) is 1. The number of non-ortho nitro benzene ring substituents is 1. The monoisotopic (exact) mass is 508 g/mol. The Kier molecular flexibility index (Phi) is 7.18. The summed E-state index contributed by atoms with van der Waals surface area (Å²) in [5, 5.41) is 14.6. The van der Waals surface area contributed by atoms with E-state index < -0.39 is 16.8 Å². The van der Waals surface area contributed by atoms with E-state index in [9.17, 15) is 19.7 Å². The van der Waals surface area contributed by atoms with Gasteiger partial charge in [0, 0.05) is 47.9 Å². The van der Waals surface area contributed by atoms with Crippen LogP contribution in [0.25, 0.3) is 0 Å². The van der Waals surface area contributed by atoms with Crippen molar-refractivity contribution < 1.29 is 19.2 Å². The molecular weight excluding hydrogens is 480 g/mol. The number of benzene rings is 3. The van der Waals surface area contributed by atoms with Gasteiger partial charge in [0.15, 0.2) is 5.78 Å². The molecule has 1 heterocycles. The third-order valence-corrected chi connectivity index (χ3v) is 7.22. The molecule has 1 aliphatic heterocycles. The highest BCUT2D eigenvalue weighted by molar-refractivity contribution is 6.04. The van der Waals surface area contributed by atoms with Crippen molar-refractivity contribution in [2.45, 2.75) is 38.0 Å². The van der Waals surface area contributed by atoms with Crippen LogP contribution in [-0.4, -0.2) is 23.3 Å². The van der Waals surface area contributed by atoms with E-state index >= 15 is 0 Å². The standard InChI is InChI=1S/C31H28N2O5/c1-20-28(31(35)38-17-16-21-8-4-2-5-9-21)29(23-12-14-25(15-13-23)33(36)37)30-26(32-20)18-24(19-27(30)34)22-10-6-3-7-11-22/h2-15,24,29,32H,16-19H2,1H3/t24-,29+/m0/s1. The summed E-state index contributed by atoms with van der Waals surface area (Å²) in [4.78, 5) is 37.9. The molecule has 38 heavy (non-hydrogen) atoms.